The summed E-state index contributed by atoms with van der Waals surface area (Å²) in [5, 5.41) is 2.74. The van der Waals surface area contributed by atoms with Gasteiger partial charge in [0.15, 0.2) is 0 Å². The van der Waals surface area contributed by atoms with Crippen molar-refractivity contribution in [3.05, 3.63) is 60.2 Å². The van der Waals surface area contributed by atoms with Crippen molar-refractivity contribution in [1.29, 1.82) is 0 Å². The molecule has 0 saturated heterocycles. The predicted molar refractivity (Wildman–Crippen MR) is 96.6 cm³/mol. The number of methoxy groups -OCH3 is 1. The Balaban J connectivity index is 1.68. The number of hydrogen-bond acceptors (Lipinski definition) is 4. The Labute approximate surface area is 148 Å². The number of anilines is 1. The van der Waals surface area contributed by atoms with E-state index in [1.807, 2.05) is 30.3 Å². The topological polar surface area (TPSA) is 64.6 Å². The van der Waals surface area contributed by atoms with E-state index < -0.39 is 5.97 Å². The molecule has 0 atom stereocenters. The zero-order valence-corrected chi connectivity index (χ0v) is 14.4. The molecule has 5 nitrogen and oxygen atoms in total. The van der Waals surface area contributed by atoms with Crippen LogP contribution in [0.5, 0.6) is 5.75 Å². The maximum atomic E-state index is 11.7. The molecule has 0 fully saturated rings. The van der Waals surface area contributed by atoms with Crippen LogP contribution in [0.3, 0.4) is 0 Å². The lowest BCUT2D eigenvalue weighted by atomic mass is 10.1. The summed E-state index contributed by atoms with van der Waals surface area (Å²) in [5.41, 5.74) is 1.97. The van der Waals surface area contributed by atoms with Gasteiger partial charge in [-0.15, -0.1) is 0 Å². The third-order valence-corrected chi connectivity index (χ3v) is 3.64. The normalized spacial score (nSPS) is 10.1. The molecule has 0 heterocycles. The molecule has 0 spiro atoms. The first-order chi connectivity index (χ1) is 12.2. The van der Waals surface area contributed by atoms with Crippen molar-refractivity contribution in [2.24, 2.45) is 0 Å². The highest BCUT2D eigenvalue weighted by Crippen LogP contribution is 2.16. The summed E-state index contributed by atoms with van der Waals surface area (Å²) in [5.74, 6) is 0.150. The summed E-state index contributed by atoms with van der Waals surface area (Å²) >= 11 is 0. The Morgan fingerprint density at radius 1 is 0.960 bits per heavy atom. The number of rotatable bonds is 9. The van der Waals surface area contributed by atoms with Crippen molar-refractivity contribution >= 4 is 17.6 Å². The number of amides is 1. The van der Waals surface area contributed by atoms with Crippen LogP contribution < -0.4 is 10.1 Å². The van der Waals surface area contributed by atoms with Crippen molar-refractivity contribution in [2.45, 2.75) is 25.7 Å². The maximum absolute atomic E-state index is 11.7. The molecule has 2 rings (SSSR count). The molecule has 0 aliphatic carbocycles. The molecule has 0 bridgehead atoms. The molecule has 5 heteroatoms. The van der Waals surface area contributed by atoms with Crippen molar-refractivity contribution in [3.8, 4) is 5.75 Å². The summed E-state index contributed by atoms with van der Waals surface area (Å²) in [6.45, 7) is 0.639. The number of benzene rings is 2. The van der Waals surface area contributed by atoms with Gasteiger partial charge in [-0.3, -0.25) is 9.59 Å². The van der Waals surface area contributed by atoms with E-state index >= 15 is 0 Å². The number of hydrogen-bond donors (Lipinski definition) is 1. The van der Waals surface area contributed by atoms with Crippen molar-refractivity contribution in [1.82, 2.24) is 0 Å². The van der Waals surface area contributed by atoms with Crippen molar-refractivity contribution in [2.75, 3.05) is 19.0 Å². The van der Waals surface area contributed by atoms with Crippen LogP contribution in [-0.4, -0.2) is 25.6 Å². The quantitative estimate of drug-likeness (QED) is 0.559. The molecule has 2 aromatic carbocycles. The highest BCUT2D eigenvalue weighted by Gasteiger charge is 2.07. The lowest BCUT2D eigenvalue weighted by Crippen LogP contribution is -2.13. The fraction of sp³-hybridized carbons (Fsp3) is 0.300. The van der Waals surface area contributed by atoms with E-state index in [1.54, 1.807) is 12.1 Å². The molecule has 0 radical (unpaired) electrons. The molecule has 0 aromatic heterocycles. The fourth-order valence-electron chi connectivity index (χ4n) is 2.29. The zero-order valence-electron chi connectivity index (χ0n) is 14.4. The third kappa shape index (κ3) is 7.08. The smallest absolute Gasteiger partial charge is 0.306 e. The van der Waals surface area contributed by atoms with Crippen LogP contribution in [0, 0.1) is 0 Å². The molecule has 0 unspecified atom stereocenters. The number of carbonyl (C=O) groups is 2. The molecule has 2 aromatic rings. The van der Waals surface area contributed by atoms with Gasteiger partial charge in [-0.1, -0.05) is 30.3 Å². The van der Waals surface area contributed by atoms with Crippen LogP contribution in [0.2, 0.25) is 0 Å². The van der Waals surface area contributed by atoms with E-state index in [-0.39, 0.29) is 18.7 Å². The second kappa shape index (κ2) is 10.1. The first kappa shape index (κ1) is 18.5. The Bertz CT molecular complexity index is 668. The molecule has 0 aliphatic heterocycles. The summed E-state index contributed by atoms with van der Waals surface area (Å²) in [6.07, 6.45) is 2.10. The molecular weight excluding hydrogens is 318 g/mol. The van der Waals surface area contributed by atoms with Gasteiger partial charge in [0.2, 0.25) is 5.91 Å². The van der Waals surface area contributed by atoms with Crippen LogP contribution in [0.4, 0.5) is 5.69 Å². The average Bonchev–Trinajstić information content (AvgIpc) is 2.65. The average molecular weight is 341 g/mol. The van der Waals surface area contributed by atoms with Crippen LogP contribution in [0.15, 0.2) is 54.6 Å². The van der Waals surface area contributed by atoms with Gasteiger partial charge >= 0.3 is 5.97 Å². The number of carbonyl (C=O) groups excluding carboxylic acids is 2. The summed E-state index contributed by atoms with van der Waals surface area (Å²) in [6, 6.07) is 17.5. The highest BCUT2D eigenvalue weighted by atomic mass is 16.5. The Hall–Kier alpha value is -2.82. The van der Waals surface area contributed by atoms with Crippen molar-refractivity contribution in [3.63, 3.8) is 0 Å². The largest absolute Gasteiger partial charge is 0.494 e. The minimum absolute atomic E-state index is 0.0743. The van der Waals surface area contributed by atoms with E-state index in [1.165, 1.54) is 12.7 Å². The van der Waals surface area contributed by atoms with Crippen LogP contribution in [0.25, 0.3) is 0 Å². The predicted octanol–water partition coefficient (Wildman–Crippen LogP) is 3.59. The van der Waals surface area contributed by atoms with E-state index in [2.05, 4.69) is 22.2 Å². The molecule has 1 N–H and O–H groups in total. The SMILES string of the molecule is COC(=O)CCC(=O)Nc1ccc(OCCCc2ccccc2)cc1. The minimum atomic E-state index is -0.394. The third-order valence-electron chi connectivity index (χ3n) is 3.64. The number of esters is 1. The Morgan fingerprint density at radius 2 is 1.68 bits per heavy atom. The lowest BCUT2D eigenvalue weighted by Gasteiger charge is -2.08. The van der Waals surface area contributed by atoms with Gasteiger partial charge < -0.3 is 14.8 Å². The molecule has 132 valence electrons. The lowest BCUT2D eigenvalue weighted by molar-refractivity contribution is -0.141. The fourth-order valence-corrected chi connectivity index (χ4v) is 2.29. The van der Waals surface area contributed by atoms with E-state index in [4.69, 9.17) is 4.74 Å². The van der Waals surface area contributed by atoms with Gasteiger partial charge in [-0.25, -0.2) is 0 Å². The molecule has 25 heavy (non-hydrogen) atoms. The monoisotopic (exact) mass is 341 g/mol. The van der Waals surface area contributed by atoms with Gasteiger partial charge in [0.25, 0.3) is 0 Å². The molecule has 1 amide bonds. The van der Waals surface area contributed by atoms with E-state index in [0.717, 1.165) is 18.6 Å². The van der Waals surface area contributed by atoms with Gasteiger partial charge in [0.1, 0.15) is 5.75 Å². The zero-order chi connectivity index (χ0) is 17.9. The van der Waals surface area contributed by atoms with E-state index in [9.17, 15) is 9.59 Å². The highest BCUT2D eigenvalue weighted by molar-refractivity contribution is 5.92. The van der Waals surface area contributed by atoms with Crippen LogP contribution >= 0.6 is 0 Å². The molecular formula is C20H23NO4. The van der Waals surface area contributed by atoms with Gasteiger partial charge in [0.05, 0.1) is 20.1 Å². The first-order valence-corrected chi connectivity index (χ1v) is 8.31. The number of ether oxygens (including phenoxy) is 2. The first-order valence-electron chi connectivity index (χ1n) is 8.31. The molecule has 0 saturated carbocycles. The standard InChI is InChI=1S/C20H23NO4/c1-24-20(23)14-13-19(22)21-17-9-11-18(12-10-17)25-15-5-8-16-6-3-2-4-7-16/h2-4,6-7,9-12H,5,8,13-15H2,1H3,(H,21,22). The summed E-state index contributed by atoms with van der Waals surface area (Å²) < 4.78 is 10.2. The maximum Gasteiger partial charge on any atom is 0.306 e. The molecule has 0 aliphatic rings. The van der Waals surface area contributed by atoms with E-state index in [0.29, 0.717) is 12.3 Å². The van der Waals surface area contributed by atoms with Crippen LogP contribution in [-0.2, 0) is 20.7 Å². The van der Waals surface area contributed by atoms with Crippen molar-refractivity contribution < 1.29 is 19.1 Å². The minimum Gasteiger partial charge on any atom is -0.494 e. The Morgan fingerprint density at radius 3 is 2.36 bits per heavy atom. The van der Waals surface area contributed by atoms with Crippen LogP contribution in [0.1, 0.15) is 24.8 Å². The summed E-state index contributed by atoms with van der Waals surface area (Å²) in [7, 11) is 1.30. The van der Waals surface area contributed by atoms with Gasteiger partial charge in [-0.2, -0.15) is 0 Å². The second-order valence-electron chi connectivity index (χ2n) is 5.59. The second-order valence-corrected chi connectivity index (χ2v) is 5.59. The van der Waals surface area contributed by atoms with Gasteiger partial charge in [0, 0.05) is 12.1 Å². The number of aryl methyl sites for hydroxylation is 1. The Kier molecular flexibility index (Phi) is 7.50. The van der Waals surface area contributed by atoms with Gasteiger partial charge in [-0.05, 0) is 42.7 Å². The number of nitrogens with one attached hydrogen (secondary N) is 1. The summed E-state index contributed by atoms with van der Waals surface area (Å²) in [4.78, 5) is 22.7.